The van der Waals surface area contributed by atoms with E-state index in [1.165, 1.54) is 70.6 Å². The monoisotopic (exact) mass is 386 g/mol. The van der Waals surface area contributed by atoms with Crippen LogP contribution in [0.3, 0.4) is 0 Å². The van der Waals surface area contributed by atoms with Gasteiger partial charge in [-0.1, -0.05) is 84.0 Å². The first-order valence-electron chi connectivity index (χ1n) is 11.4. The summed E-state index contributed by atoms with van der Waals surface area (Å²) in [6.07, 6.45) is 18.3. The second-order valence-electron chi connectivity index (χ2n) is 8.16. The Labute approximate surface area is 168 Å². The van der Waals surface area contributed by atoms with Gasteiger partial charge in [-0.2, -0.15) is 0 Å². The molecule has 27 heavy (non-hydrogen) atoms. The van der Waals surface area contributed by atoms with Crippen molar-refractivity contribution in [2.75, 3.05) is 33.3 Å². The van der Waals surface area contributed by atoms with Gasteiger partial charge in [-0.3, -0.25) is 4.79 Å². The molecular weight excluding hydrogens is 340 g/mol. The lowest BCUT2D eigenvalue weighted by atomic mass is 10.0. The van der Waals surface area contributed by atoms with Gasteiger partial charge < -0.3 is 20.3 Å². The standard InChI is InChI=1S/C22H46N2O3/c1-3-4-5-6-7-8-9-10-11-12-13-14-15-17-22(26)23-18-16-19-24(2,27)20-21-25/h25H,3-21H2,1-2H3,(H,23,26)/t24-/m1/s1. The summed E-state index contributed by atoms with van der Waals surface area (Å²) in [6.45, 7) is 3.37. The topological polar surface area (TPSA) is 72.4 Å². The second-order valence-corrected chi connectivity index (χ2v) is 8.16. The molecule has 162 valence electrons. The van der Waals surface area contributed by atoms with Crippen molar-refractivity contribution >= 4 is 5.91 Å². The van der Waals surface area contributed by atoms with Crippen molar-refractivity contribution in [3.8, 4) is 0 Å². The number of hydrogen-bond acceptors (Lipinski definition) is 3. The van der Waals surface area contributed by atoms with Gasteiger partial charge in [0, 0.05) is 19.4 Å². The predicted octanol–water partition coefficient (Wildman–Crippen LogP) is 4.91. The number of nitrogens with one attached hydrogen (secondary N) is 1. The van der Waals surface area contributed by atoms with Crippen LogP contribution < -0.4 is 5.32 Å². The number of likely N-dealkylation sites (N-methyl/N-ethyl adjacent to an activating group) is 1. The zero-order valence-electron chi connectivity index (χ0n) is 18.1. The number of hydrogen-bond donors (Lipinski definition) is 2. The quantitative estimate of drug-likeness (QED) is 0.177. The number of carbonyl (C=O) groups is 1. The van der Waals surface area contributed by atoms with E-state index < -0.39 is 4.65 Å². The molecule has 0 saturated heterocycles. The Balaban J connectivity index is 3.28. The number of aliphatic hydroxyl groups is 1. The molecule has 0 heterocycles. The van der Waals surface area contributed by atoms with E-state index in [0.29, 0.717) is 25.9 Å². The molecule has 0 aliphatic rings. The molecule has 2 N–H and O–H groups in total. The largest absolute Gasteiger partial charge is 0.633 e. The fourth-order valence-electron chi connectivity index (χ4n) is 3.36. The Kier molecular flexibility index (Phi) is 18.3. The third kappa shape index (κ3) is 19.9. The summed E-state index contributed by atoms with van der Waals surface area (Å²) >= 11 is 0. The van der Waals surface area contributed by atoms with E-state index in [9.17, 15) is 10.0 Å². The lowest BCUT2D eigenvalue weighted by Gasteiger charge is -2.38. The van der Waals surface area contributed by atoms with Gasteiger partial charge in [0.05, 0.1) is 20.2 Å². The van der Waals surface area contributed by atoms with E-state index in [2.05, 4.69) is 12.2 Å². The highest BCUT2D eigenvalue weighted by Crippen LogP contribution is 2.12. The minimum absolute atomic E-state index is 0.0919. The van der Waals surface area contributed by atoms with E-state index in [4.69, 9.17) is 5.11 Å². The molecular formula is C22H46N2O3. The van der Waals surface area contributed by atoms with E-state index in [1.807, 2.05) is 0 Å². The van der Waals surface area contributed by atoms with Crippen molar-refractivity contribution in [1.82, 2.24) is 5.32 Å². The van der Waals surface area contributed by atoms with Gasteiger partial charge >= 0.3 is 0 Å². The van der Waals surface area contributed by atoms with Crippen LogP contribution in [-0.2, 0) is 4.79 Å². The average Bonchev–Trinajstić information content (AvgIpc) is 2.62. The number of nitrogens with zero attached hydrogens (tertiary/aromatic N) is 1. The molecule has 0 spiro atoms. The van der Waals surface area contributed by atoms with E-state index in [0.717, 1.165) is 12.8 Å². The van der Waals surface area contributed by atoms with Crippen molar-refractivity contribution in [2.24, 2.45) is 0 Å². The van der Waals surface area contributed by atoms with Crippen LogP contribution in [0, 0.1) is 5.21 Å². The molecule has 0 fully saturated rings. The Hall–Kier alpha value is -0.650. The molecule has 0 aromatic rings. The molecule has 0 radical (unpaired) electrons. The summed E-state index contributed by atoms with van der Waals surface area (Å²) in [5.74, 6) is 0.0975. The van der Waals surface area contributed by atoms with Gasteiger partial charge in [-0.15, -0.1) is 0 Å². The molecule has 0 saturated carbocycles. The fourth-order valence-corrected chi connectivity index (χ4v) is 3.36. The highest BCUT2D eigenvalue weighted by molar-refractivity contribution is 5.75. The van der Waals surface area contributed by atoms with Crippen molar-refractivity contribution in [3.63, 3.8) is 0 Å². The number of hydroxylamine groups is 3. The van der Waals surface area contributed by atoms with E-state index >= 15 is 0 Å². The summed E-state index contributed by atoms with van der Waals surface area (Å²) in [7, 11) is 1.56. The highest BCUT2D eigenvalue weighted by Gasteiger charge is 2.09. The van der Waals surface area contributed by atoms with Crippen LogP contribution in [0.5, 0.6) is 0 Å². The molecule has 0 bridgehead atoms. The lowest BCUT2D eigenvalue weighted by Crippen LogP contribution is -2.42. The van der Waals surface area contributed by atoms with Crippen LogP contribution in [0.1, 0.15) is 103 Å². The summed E-state index contributed by atoms with van der Waals surface area (Å²) in [5.41, 5.74) is 0. The molecule has 1 atom stereocenters. The Morgan fingerprint density at radius 2 is 1.30 bits per heavy atom. The van der Waals surface area contributed by atoms with Gasteiger partial charge in [0.1, 0.15) is 6.54 Å². The zero-order valence-corrected chi connectivity index (χ0v) is 18.1. The molecule has 0 aromatic carbocycles. The van der Waals surface area contributed by atoms with Crippen LogP contribution >= 0.6 is 0 Å². The van der Waals surface area contributed by atoms with E-state index in [1.54, 1.807) is 7.05 Å². The third-order valence-electron chi connectivity index (χ3n) is 5.21. The number of aliphatic hydroxyl groups excluding tert-OH is 1. The van der Waals surface area contributed by atoms with Crippen molar-refractivity contribution < 1.29 is 14.5 Å². The Morgan fingerprint density at radius 1 is 0.815 bits per heavy atom. The summed E-state index contributed by atoms with van der Waals surface area (Å²) < 4.78 is -0.439. The fraction of sp³-hybridized carbons (Fsp3) is 0.955. The molecule has 0 aliphatic carbocycles. The molecule has 0 aliphatic heterocycles. The first-order valence-corrected chi connectivity index (χ1v) is 11.4. The van der Waals surface area contributed by atoms with Crippen molar-refractivity contribution in [3.05, 3.63) is 5.21 Å². The SMILES string of the molecule is CCCCCCCCCCCCCCCC(=O)NCCC[N@@+](C)([O-])CCO. The number of carbonyl (C=O) groups excluding carboxylic acids is 1. The normalized spacial score (nSPS) is 13.5. The van der Waals surface area contributed by atoms with Gasteiger partial charge in [-0.25, -0.2) is 0 Å². The van der Waals surface area contributed by atoms with Crippen LogP contribution in [-0.4, -0.2) is 48.9 Å². The smallest absolute Gasteiger partial charge is 0.219 e. The summed E-state index contributed by atoms with van der Waals surface area (Å²) in [5, 5.41) is 23.5. The van der Waals surface area contributed by atoms with E-state index in [-0.39, 0.29) is 19.1 Å². The Morgan fingerprint density at radius 3 is 1.78 bits per heavy atom. The van der Waals surface area contributed by atoms with Crippen LogP contribution in [0.2, 0.25) is 0 Å². The number of amides is 1. The van der Waals surface area contributed by atoms with Crippen molar-refractivity contribution in [1.29, 1.82) is 0 Å². The van der Waals surface area contributed by atoms with Crippen LogP contribution in [0.15, 0.2) is 0 Å². The highest BCUT2D eigenvalue weighted by atomic mass is 16.5. The number of quaternary nitrogens is 1. The average molecular weight is 387 g/mol. The van der Waals surface area contributed by atoms with Crippen molar-refractivity contribution in [2.45, 2.75) is 103 Å². The first kappa shape index (κ1) is 26.4. The molecule has 1 amide bonds. The predicted molar refractivity (Wildman–Crippen MR) is 114 cm³/mol. The van der Waals surface area contributed by atoms with Crippen LogP contribution in [0.25, 0.3) is 0 Å². The maximum atomic E-state index is 11.8. The summed E-state index contributed by atoms with van der Waals surface area (Å²) in [4.78, 5) is 11.8. The molecule has 0 aromatic heterocycles. The molecule has 5 nitrogen and oxygen atoms in total. The summed E-state index contributed by atoms with van der Waals surface area (Å²) in [6, 6.07) is 0. The minimum Gasteiger partial charge on any atom is -0.633 e. The maximum Gasteiger partial charge on any atom is 0.219 e. The number of unbranched alkanes of at least 4 members (excludes halogenated alkanes) is 12. The molecule has 5 heteroatoms. The van der Waals surface area contributed by atoms with Gasteiger partial charge in [0.15, 0.2) is 0 Å². The maximum absolute atomic E-state index is 11.8. The van der Waals surface area contributed by atoms with Gasteiger partial charge in [0.2, 0.25) is 5.91 Å². The van der Waals surface area contributed by atoms with Crippen LogP contribution in [0.4, 0.5) is 0 Å². The minimum atomic E-state index is -0.439. The molecule has 0 unspecified atom stereocenters. The van der Waals surface area contributed by atoms with Gasteiger partial charge in [-0.05, 0) is 6.42 Å². The lowest BCUT2D eigenvalue weighted by molar-refractivity contribution is -0.861. The van der Waals surface area contributed by atoms with Gasteiger partial charge in [0.25, 0.3) is 0 Å². The zero-order chi connectivity index (χ0) is 20.2. The number of rotatable bonds is 20. The third-order valence-corrected chi connectivity index (χ3v) is 5.21. The molecule has 0 rings (SSSR count). The Bertz CT molecular complexity index is 336. The second kappa shape index (κ2) is 18.7. The first-order chi connectivity index (χ1) is 13.0.